The maximum atomic E-state index is 13.4. The summed E-state index contributed by atoms with van der Waals surface area (Å²) < 4.78 is 68.3. The van der Waals surface area contributed by atoms with Gasteiger partial charge in [-0.2, -0.15) is 8.42 Å². The summed E-state index contributed by atoms with van der Waals surface area (Å²) in [5, 5.41) is 0. The lowest BCUT2D eigenvalue weighted by molar-refractivity contribution is -0.171. The zero-order chi connectivity index (χ0) is 25.9. The second kappa shape index (κ2) is 11.3. The highest BCUT2D eigenvalue weighted by atomic mass is 32.2. The Balaban J connectivity index is 1.89. The van der Waals surface area contributed by atoms with Gasteiger partial charge in [0.15, 0.2) is 6.10 Å². The molecule has 3 aliphatic carbocycles. The Kier molecular flexibility index (Phi) is 8.85. The Morgan fingerprint density at radius 3 is 1.89 bits per heavy atom. The van der Waals surface area contributed by atoms with Crippen molar-refractivity contribution in [1.29, 1.82) is 0 Å². The first-order valence-electron chi connectivity index (χ1n) is 11.1. The van der Waals surface area contributed by atoms with Gasteiger partial charge in [0.25, 0.3) is 16.5 Å². The average molecular weight is 502 g/mol. The van der Waals surface area contributed by atoms with Crippen molar-refractivity contribution in [2.45, 2.75) is 44.3 Å². The maximum absolute atomic E-state index is 13.4. The molecule has 5 atom stereocenters. The standard InChI is InChI=1S/C22H23B3F2O7S/c23-7-11-5-14(8-24)19(15(6-11)9-25)34-22(29)18-13-3-1-12(2-4-13)17(18)21(28)33-16(20(26)27)10-35(30,31)32/h1,3,5-6,12-13,16-18,20H,2,4,7-10H2,(H,30,31,32). The van der Waals surface area contributed by atoms with Gasteiger partial charge in [0, 0.05) is 0 Å². The summed E-state index contributed by atoms with van der Waals surface area (Å²) in [7, 11) is 12.5. The summed E-state index contributed by atoms with van der Waals surface area (Å²) >= 11 is 0. The summed E-state index contributed by atoms with van der Waals surface area (Å²) in [5.41, 5.74) is 1.72. The van der Waals surface area contributed by atoms with E-state index in [0.717, 1.165) is 5.56 Å². The van der Waals surface area contributed by atoms with Gasteiger partial charge < -0.3 is 9.47 Å². The van der Waals surface area contributed by atoms with Crippen LogP contribution in [-0.4, -0.2) is 66.7 Å². The van der Waals surface area contributed by atoms with Crippen molar-refractivity contribution in [2.24, 2.45) is 23.7 Å². The van der Waals surface area contributed by atoms with Gasteiger partial charge in [-0.05, 0) is 35.8 Å². The van der Waals surface area contributed by atoms with Crippen LogP contribution >= 0.6 is 0 Å². The second-order valence-electron chi connectivity index (χ2n) is 8.68. The van der Waals surface area contributed by atoms with Gasteiger partial charge in [0.1, 0.15) is 11.5 Å². The third-order valence-electron chi connectivity index (χ3n) is 6.40. The molecule has 0 aromatic heterocycles. The fourth-order valence-electron chi connectivity index (χ4n) is 4.78. The van der Waals surface area contributed by atoms with Gasteiger partial charge in [0.05, 0.1) is 35.4 Å². The molecule has 1 N–H and O–H groups in total. The molecular weight excluding hydrogens is 479 g/mol. The topological polar surface area (TPSA) is 107 Å². The van der Waals surface area contributed by atoms with E-state index in [-0.39, 0.29) is 24.7 Å². The largest absolute Gasteiger partial charge is 0.455 e. The van der Waals surface area contributed by atoms with E-state index in [1.165, 1.54) is 0 Å². The molecule has 0 aliphatic heterocycles. The van der Waals surface area contributed by atoms with Gasteiger partial charge in [-0.1, -0.05) is 48.8 Å². The third kappa shape index (κ3) is 6.36. The van der Waals surface area contributed by atoms with E-state index >= 15 is 0 Å². The van der Waals surface area contributed by atoms with Gasteiger partial charge >= 0.3 is 11.9 Å². The molecule has 6 radical (unpaired) electrons. The van der Waals surface area contributed by atoms with E-state index in [1.54, 1.807) is 24.3 Å². The molecule has 5 unspecified atom stereocenters. The molecule has 0 spiro atoms. The molecule has 0 amide bonds. The van der Waals surface area contributed by atoms with Gasteiger partial charge in [-0.3, -0.25) is 14.1 Å². The molecular formula is C22H23B3F2O7S. The molecule has 7 nitrogen and oxygen atoms in total. The molecule has 182 valence electrons. The van der Waals surface area contributed by atoms with E-state index in [4.69, 9.17) is 37.6 Å². The summed E-state index contributed by atoms with van der Waals surface area (Å²) in [5.74, 6) is -6.36. The Morgan fingerprint density at radius 1 is 0.971 bits per heavy atom. The molecule has 2 bridgehead atoms. The number of alkyl halides is 2. The quantitative estimate of drug-likeness (QED) is 0.170. The van der Waals surface area contributed by atoms with Crippen LogP contribution < -0.4 is 4.74 Å². The molecule has 35 heavy (non-hydrogen) atoms. The molecule has 13 heteroatoms. The normalized spacial score (nSPS) is 24.3. The van der Waals surface area contributed by atoms with E-state index in [0.29, 0.717) is 24.0 Å². The average Bonchev–Trinajstić information content (AvgIpc) is 2.82. The second-order valence-corrected chi connectivity index (χ2v) is 10.2. The van der Waals surface area contributed by atoms with Crippen LogP contribution in [0, 0.1) is 23.7 Å². The first-order chi connectivity index (χ1) is 16.5. The van der Waals surface area contributed by atoms with Crippen LogP contribution in [0.3, 0.4) is 0 Å². The van der Waals surface area contributed by atoms with Crippen LogP contribution in [0.5, 0.6) is 5.75 Å². The SMILES string of the molecule is [B]Cc1cc(C[B])c(OC(=O)C2C3C=CC(CC3)C2C(=O)OC(CS(=O)(=O)O)C(F)F)c(C[B])c1. The first kappa shape index (κ1) is 27.5. The molecule has 1 fully saturated rings. The van der Waals surface area contributed by atoms with Crippen LogP contribution in [0.1, 0.15) is 29.5 Å². The third-order valence-corrected chi connectivity index (χ3v) is 7.15. The van der Waals surface area contributed by atoms with Gasteiger partial charge in [-0.15, -0.1) is 0 Å². The van der Waals surface area contributed by atoms with Crippen molar-refractivity contribution in [3.05, 3.63) is 41.0 Å². The lowest BCUT2D eigenvalue weighted by Gasteiger charge is -2.42. The van der Waals surface area contributed by atoms with Crippen LogP contribution in [0.25, 0.3) is 0 Å². The summed E-state index contributed by atoms with van der Waals surface area (Å²) in [6, 6.07) is 3.37. The maximum Gasteiger partial charge on any atom is 0.315 e. The smallest absolute Gasteiger partial charge is 0.315 e. The molecule has 1 saturated carbocycles. The Bertz CT molecular complexity index is 1070. The van der Waals surface area contributed by atoms with Crippen molar-refractivity contribution in [1.82, 2.24) is 0 Å². The number of rotatable bonds is 10. The van der Waals surface area contributed by atoms with Crippen molar-refractivity contribution >= 4 is 45.6 Å². The molecule has 4 rings (SSSR count). The van der Waals surface area contributed by atoms with Crippen molar-refractivity contribution < 1.29 is 40.8 Å². The van der Waals surface area contributed by atoms with E-state index in [9.17, 15) is 26.8 Å². The molecule has 1 aromatic rings. The zero-order valence-corrected chi connectivity index (χ0v) is 19.6. The van der Waals surface area contributed by atoms with E-state index < -0.39 is 64.0 Å². The fourth-order valence-corrected chi connectivity index (χ4v) is 5.41. The Hall–Kier alpha value is -2.14. The number of ether oxygens (including phenoxy) is 2. The van der Waals surface area contributed by atoms with Gasteiger partial charge in [0.2, 0.25) is 0 Å². The minimum atomic E-state index is -4.84. The minimum absolute atomic E-state index is 0.0250. The van der Waals surface area contributed by atoms with E-state index in [1.807, 2.05) is 0 Å². The lowest BCUT2D eigenvalue weighted by atomic mass is 9.62. The number of fused-ring (bicyclic) bond motifs is 2. The highest BCUT2D eigenvalue weighted by Gasteiger charge is 2.51. The highest BCUT2D eigenvalue weighted by Crippen LogP contribution is 2.46. The molecule has 3 aliphatic rings. The molecule has 0 saturated heterocycles. The number of halogens is 2. The first-order valence-corrected chi connectivity index (χ1v) is 12.7. The van der Waals surface area contributed by atoms with Crippen molar-refractivity contribution in [3.8, 4) is 5.75 Å². The number of carbonyl (C=O) groups excluding carboxylic acids is 2. The van der Waals surface area contributed by atoms with Gasteiger partial charge in [-0.25, -0.2) is 8.78 Å². The zero-order valence-electron chi connectivity index (χ0n) is 18.8. The highest BCUT2D eigenvalue weighted by molar-refractivity contribution is 7.85. The molecule has 0 heterocycles. The summed E-state index contributed by atoms with van der Waals surface area (Å²) in [6.07, 6.45) is -0.904. The minimum Gasteiger partial charge on any atom is -0.455 e. The van der Waals surface area contributed by atoms with Crippen LogP contribution in [-0.2, 0) is 43.4 Å². The number of esters is 2. The number of benzene rings is 1. The number of hydrogen-bond acceptors (Lipinski definition) is 6. The fraction of sp³-hybridized carbons (Fsp3) is 0.545. The predicted octanol–water partition coefficient (Wildman–Crippen LogP) is 1.49. The summed E-state index contributed by atoms with van der Waals surface area (Å²) in [4.78, 5) is 26.3. The van der Waals surface area contributed by atoms with Crippen molar-refractivity contribution in [2.75, 3.05) is 5.75 Å². The number of hydrogen-bond donors (Lipinski definition) is 1. The van der Waals surface area contributed by atoms with Crippen LogP contribution in [0.4, 0.5) is 8.78 Å². The van der Waals surface area contributed by atoms with E-state index in [2.05, 4.69) is 0 Å². The predicted molar refractivity (Wildman–Crippen MR) is 125 cm³/mol. The summed E-state index contributed by atoms with van der Waals surface area (Å²) in [6.45, 7) is 0. The Labute approximate surface area is 207 Å². The number of allylic oxidation sites excluding steroid dienone is 2. The lowest BCUT2D eigenvalue weighted by Crippen LogP contribution is -2.48. The number of carbonyl (C=O) groups is 2. The van der Waals surface area contributed by atoms with Crippen molar-refractivity contribution in [3.63, 3.8) is 0 Å². The van der Waals surface area contributed by atoms with Crippen LogP contribution in [0.2, 0.25) is 0 Å². The Morgan fingerprint density at radius 2 is 1.49 bits per heavy atom. The monoisotopic (exact) mass is 502 g/mol. The molecule has 1 aromatic carbocycles. The van der Waals surface area contributed by atoms with Crippen LogP contribution in [0.15, 0.2) is 24.3 Å².